The summed E-state index contributed by atoms with van der Waals surface area (Å²) >= 11 is 0. The van der Waals surface area contributed by atoms with Gasteiger partial charge in [0.2, 0.25) is 0 Å². The average molecular weight is 293 g/mol. The molecule has 0 aromatic heterocycles. The molecule has 1 aromatic rings. The van der Waals surface area contributed by atoms with Crippen LogP contribution in [0.4, 0.5) is 11.4 Å². The van der Waals surface area contributed by atoms with E-state index in [0.29, 0.717) is 17.5 Å². The van der Waals surface area contributed by atoms with E-state index in [1.807, 2.05) is 12.1 Å². The number of nitrogen functional groups attached to an aromatic ring is 1. The van der Waals surface area contributed by atoms with Crippen LogP contribution in [0, 0.1) is 0 Å². The van der Waals surface area contributed by atoms with Gasteiger partial charge < -0.3 is 20.1 Å². The molecule has 21 heavy (non-hydrogen) atoms. The standard InChI is InChI=1S/C16H27N3O2/c1-5-19-8-6-7-12(19)11-18(2)14-10-16(21-4)15(20-3)9-13(14)17/h9-10,12H,5-8,11,17H2,1-4H3. The molecular weight excluding hydrogens is 266 g/mol. The fourth-order valence-corrected chi connectivity index (χ4v) is 3.15. The number of nitrogens with zero attached hydrogens (tertiary/aromatic N) is 2. The summed E-state index contributed by atoms with van der Waals surface area (Å²) in [5.41, 5.74) is 7.89. The summed E-state index contributed by atoms with van der Waals surface area (Å²) in [5, 5.41) is 0. The van der Waals surface area contributed by atoms with Crippen LogP contribution in [0.3, 0.4) is 0 Å². The molecule has 118 valence electrons. The molecule has 1 unspecified atom stereocenters. The molecule has 1 aliphatic rings. The maximum absolute atomic E-state index is 6.17. The number of rotatable bonds is 6. The van der Waals surface area contributed by atoms with E-state index in [2.05, 4.69) is 23.8 Å². The van der Waals surface area contributed by atoms with Gasteiger partial charge in [0.1, 0.15) is 0 Å². The Morgan fingerprint density at radius 2 is 1.95 bits per heavy atom. The van der Waals surface area contributed by atoms with Crippen molar-refractivity contribution >= 4 is 11.4 Å². The van der Waals surface area contributed by atoms with Gasteiger partial charge in [0.15, 0.2) is 11.5 Å². The predicted octanol–water partition coefficient (Wildman–Crippen LogP) is 2.21. The van der Waals surface area contributed by atoms with Crippen LogP contribution in [0.25, 0.3) is 0 Å². The van der Waals surface area contributed by atoms with Gasteiger partial charge in [0, 0.05) is 31.8 Å². The fraction of sp³-hybridized carbons (Fsp3) is 0.625. The Kier molecular flexibility index (Phi) is 5.17. The maximum atomic E-state index is 6.17. The molecule has 0 amide bonds. The monoisotopic (exact) mass is 293 g/mol. The largest absolute Gasteiger partial charge is 0.493 e. The number of anilines is 2. The molecule has 1 fully saturated rings. The van der Waals surface area contributed by atoms with Crippen LogP contribution in [0.15, 0.2) is 12.1 Å². The maximum Gasteiger partial charge on any atom is 0.162 e. The van der Waals surface area contributed by atoms with Gasteiger partial charge in [-0.15, -0.1) is 0 Å². The lowest BCUT2D eigenvalue weighted by atomic mass is 10.1. The number of likely N-dealkylation sites (tertiary alicyclic amines) is 1. The van der Waals surface area contributed by atoms with Crippen LogP contribution >= 0.6 is 0 Å². The molecule has 0 saturated carbocycles. The minimum atomic E-state index is 0.604. The highest BCUT2D eigenvalue weighted by molar-refractivity contribution is 5.73. The first-order chi connectivity index (χ1) is 10.1. The van der Waals surface area contributed by atoms with E-state index in [1.54, 1.807) is 14.2 Å². The van der Waals surface area contributed by atoms with Crippen molar-refractivity contribution in [3.8, 4) is 11.5 Å². The van der Waals surface area contributed by atoms with Crippen molar-refractivity contribution in [3.63, 3.8) is 0 Å². The minimum absolute atomic E-state index is 0.604. The highest BCUT2D eigenvalue weighted by Crippen LogP contribution is 2.36. The summed E-state index contributed by atoms with van der Waals surface area (Å²) in [5.74, 6) is 1.38. The molecule has 1 heterocycles. The summed E-state index contributed by atoms with van der Waals surface area (Å²) in [7, 11) is 5.36. The minimum Gasteiger partial charge on any atom is -0.493 e. The third kappa shape index (κ3) is 3.35. The normalized spacial score (nSPS) is 18.8. The van der Waals surface area contributed by atoms with Gasteiger partial charge in [-0.25, -0.2) is 0 Å². The van der Waals surface area contributed by atoms with Crippen LogP contribution in [0.1, 0.15) is 19.8 Å². The zero-order valence-corrected chi connectivity index (χ0v) is 13.6. The van der Waals surface area contributed by atoms with E-state index in [-0.39, 0.29) is 0 Å². The molecular formula is C16H27N3O2. The first kappa shape index (κ1) is 15.8. The van der Waals surface area contributed by atoms with Crippen LogP contribution in [-0.4, -0.2) is 51.8 Å². The zero-order valence-electron chi connectivity index (χ0n) is 13.6. The molecule has 5 heteroatoms. The molecule has 2 N–H and O–H groups in total. The van der Waals surface area contributed by atoms with E-state index in [9.17, 15) is 0 Å². The van der Waals surface area contributed by atoms with Crippen LogP contribution in [-0.2, 0) is 0 Å². The third-order valence-corrected chi connectivity index (χ3v) is 4.33. The Morgan fingerprint density at radius 3 is 2.57 bits per heavy atom. The number of hydrogen-bond acceptors (Lipinski definition) is 5. The highest BCUT2D eigenvalue weighted by Gasteiger charge is 2.25. The first-order valence-corrected chi connectivity index (χ1v) is 7.57. The molecule has 1 atom stereocenters. The van der Waals surface area contributed by atoms with Gasteiger partial charge in [0.25, 0.3) is 0 Å². The van der Waals surface area contributed by atoms with Crippen molar-refractivity contribution in [2.75, 3.05) is 51.5 Å². The Bertz CT molecular complexity index is 479. The quantitative estimate of drug-likeness (QED) is 0.815. The van der Waals surface area contributed by atoms with E-state index in [0.717, 1.165) is 24.5 Å². The first-order valence-electron chi connectivity index (χ1n) is 7.57. The number of likely N-dealkylation sites (N-methyl/N-ethyl adjacent to an activating group) is 2. The van der Waals surface area contributed by atoms with Crippen molar-refractivity contribution in [3.05, 3.63) is 12.1 Å². The zero-order chi connectivity index (χ0) is 15.4. The summed E-state index contributed by atoms with van der Waals surface area (Å²) in [6.45, 7) is 5.52. The second kappa shape index (κ2) is 6.89. The highest BCUT2D eigenvalue weighted by atomic mass is 16.5. The summed E-state index contributed by atoms with van der Waals surface area (Å²) in [6, 6.07) is 4.39. The lowest BCUT2D eigenvalue weighted by Gasteiger charge is -2.30. The Balaban J connectivity index is 2.16. The van der Waals surface area contributed by atoms with Crippen LogP contribution in [0.2, 0.25) is 0 Å². The van der Waals surface area contributed by atoms with Gasteiger partial charge >= 0.3 is 0 Å². The number of methoxy groups -OCH3 is 2. The molecule has 0 spiro atoms. The van der Waals surface area contributed by atoms with E-state index >= 15 is 0 Å². The fourth-order valence-electron chi connectivity index (χ4n) is 3.15. The van der Waals surface area contributed by atoms with Gasteiger partial charge in [-0.2, -0.15) is 0 Å². The molecule has 1 saturated heterocycles. The predicted molar refractivity (Wildman–Crippen MR) is 87.5 cm³/mol. The Hall–Kier alpha value is -1.62. The van der Waals surface area contributed by atoms with Gasteiger partial charge in [0.05, 0.1) is 25.6 Å². The summed E-state index contributed by atoms with van der Waals surface area (Å²) in [4.78, 5) is 4.75. The van der Waals surface area contributed by atoms with Crippen LogP contribution in [0.5, 0.6) is 11.5 Å². The summed E-state index contributed by atoms with van der Waals surface area (Å²) < 4.78 is 10.7. The number of hydrogen-bond donors (Lipinski definition) is 1. The molecule has 2 rings (SSSR count). The smallest absolute Gasteiger partial charge is 0.162 e. The summed E-state index contributed by atoms with van der Waals surface area (Å²) in [6.07, 6.45) is 2.54. The van der Waals surface area contributed by atoms with Gasteiger partial charge in [-0.3, -0.25) is 4.90 Å². The van der Waals surface area contributed by atoms with E-state index < -0.39 is 0 Å². The van der Waals surface area contributed by atoms with Gasteiger partial charge in [-0.1, -0.05) is 6.92 Å². The number of benzene rings is 1. The van der Waals surface area contributed by atoms with Crippen LogP contribution < -0.4 is 20.1 Å². The lowest BCUT2D eigenvalue weighted by Crippen LogP contribution is -2.38. The van der Waals surface area contributed by atoms with E-state index in [4.69, 9.17) is 15.2 Å². The van der Waals surface area contributed by atoms with Crippen molar-refractivity contribution in [2.45, 2.75) is 25.8 Å². The second-order valence-corrected chi connectivity index (χ2v) is 5.57. The molecule has 5 nitrogen and oxygen atoms in total. The number of nitrogens with two attached hydrogens (primary N) is 1. The molecule has 0 radical (unpaired) electrons. The Morgan fingerprint density at radius 1 is 1.29 bits per heavy atom. The molecule has 1 aliphatic heterocycles. The van der Waals surface area contributed by atoms with E-state index in [1.165, 1.54) is 19.4 Å². The van der Waals surface area contributed by atoms with Crippen molar-refractivity contribution in [1.29, 1.82) is 0 Å². The number of ether oxygens (including phenoxy) is 2. The lowest BCUT2D eigenvalue weighted by molar-refractivity contribution is 0.270. The second-order valence-electron chi connectivity index (χ2n) is 5.57. The van der Waals surface area contributed by atoms with Gasteiger partial charge in [-0.05, 0) is 25.9 Å². The molecule has 1 aromatic carbocycles. The third-order valence-electron chi connectivity index (χ3n) is 4.33. The SMILES string of the molecule is CCN1CCCC1CN(C)c1cc(OC)c(OC)cc1N. The van der Waals surface area contributed by atoms with Crippen molar-refractivity contribution < 1.29 is 9.47 Å². The van der Waals surface area contributed by atoms with Crippen molar-refractivity contribution in [1.82, 2.24) is 4.90 Å². The Labute approximate surface area is 127 Å². The molecule has 0 aliphatic carbocycles. The average Bonchev–Trinajstić information content (AvgIpc) is 2.93. The topological polar surface area (TPSA) is 51.0 Å². The molecule has 0 bridgehead atoms. The van der Waals surface area contributed by atoms with Crippen molar-refractivity contribution in [2.24, 2.45) is 0 Å².